The number of nitrogens with one attached hydrogen (secondary N) is 3. The van der Waals surface area contributed by atoms with E-state index >= 15 is 0 Å². The highest BCUT2D eigenvalue weighted by atomic mass is 16.6. The molecule has 9 nitrogen and oxygen atoms in total. The standard InChI is InChI=1S/C18H28N4O5/c1-12(2)16(20-11-24)18(26)22-15(4-3-9-23)17(25)21-14-7-5-13(6-8-14)10-27-19/h5-8,11-12,15-16,23H,3-4,9-10,19H2,1-2H3,(H,20,24)(H,21,25)(H,22,26)/t15-,16?/m0/s1. The molecule has 0 aliphatic carbocycles. The van der Waals surface area contributed by atoms with Gasteiger partial charge in [0, 0.05) is 12.3 Å². The van der Waals surface area contributed by atoms with Crippen LogP contribution in [0.1, 0.15) is 32.3 Å². The Kier molecular flexibility index (Phi) is 10.0. The molecule has 1 rings (SSSR count). The molecule has 0 aliphatic heterocycles. The number of hydrogen-bond donors (Lipinski definition) is 5. The van der Waals surface area contributed by atoms with E-state index in [1.807, 2.05) is 0 Å². The summed E-state index contributed by atoms with van der Waals surface area (Å²) in [5.41, 5.74) is 1.40. The zero-order valence-corrected chi connectivity index (χ0v) is 15.6. The van der Waals surface area contributed by atoms with Crippen molar-refractivity contribution >= 4 is 23.9 Å². The molecule has 0 aliphatic rings. The van der Waals surface area contributed by atoms with Crippen LogP contribution in [0.5, 0.6) is 0 Å². The summed E-state index contributed by atoms with van der Waals surface area (Å²) in [6, 6.07) is 5.32. The number of benzene rings is 1. The Morgan fingerprint density at radius 3 is 2.41 bits per heavy atom. The van der Waals surface area contributed by atoms with E-state index in [2.05, 4.69) is 20.8 Å². The van der Waals surface area contributed by atoms with Crippen LogP contribution in [0.4, 0.5) is 5.69 Å². The molecule has 0 spiro atoms. The van der Waals surface area contributed by atoms with Crippen molar-refractivity contribution in [3.63, 3.8) is 0 Å². The molecule has 3 amide bonds. The van der Waals surface area contributed by atoms with Gasteiger partial charge in [0.2, 0.25) is 18.2 Å². The van der Waals surface area contributed by atoms with Crippen LogP contribution in [0.2, 0.25) is 0 Å². The van der Waals surface area contributed by atoms with Gasteiger partial charge in [0.1, 0.15) is 12.1 Å². The second kappa shape index (κ2) is 12.0. The fourth-order valence-corrected chi connectivity index (χ4v) is 2.48. The smallest absolute Gasteiger partial charge is 0.246 e. The van der Waals surface area contributed by atoms with Crippen LogP contribution in [0.3, 0.4) is 0 Å². The molecule has 27 heavy (non-hydrogen) atoms. The molecule has 0 fully saturated rings. The highest BCUT2D eigenvalue weighted by molar-refractivity contribution is 5.98. The Bertz CT molecular complexity index is 606. The average molecular weight is 380 g/mol. The van der Waals surface area contributed by atoms with E-state index < -0.39 is 23.9 Å². The molecule has 1 aromatic carbocycles. The first kappa shape index (κ1) is 22.6. The van der Waals surface area contributed by atoms with Crippen LogP contribution in [-0.2, 0) is 25.8 Å². The van der Waals surface area contributed by atoms with Crippen molar-refractivity contribution in [2.75, 3.05) is 11.9 Å². The number of nitrogens with two attached hydrogens (primary N) is 1. The van der Waals surface area contributed by atoms with Crippen LogP contribution >= 0.6 is 0 Å². The van der Waals surface area contributed by atoms with Gasteiger partial charge in [0.15, 0.2) is 0 Å². The van der Waals surface area contributed by atoms with Crippen LogP contribution in [0.25, 0.3) is 0 Å². The maximum Gasteiger partial charge on any atom is 0.246 e. The minimum atomic E-state index is -0.841. The van der Waals surface area contributed by atoms with Crippen molar-refractivity contribution in [2.24, 2.45) is 11.8 Å². The summed E-state index contributed by atoms with van der Waals surface area (Å²) in [6.07, 6.45) is 1.07. The summed E-state index contributed by atoms with van der Waals surface area (Å²) in [6.45, 7) is 3.73. The fourth-order valence-electron chi connectivity index (χ4n) is 2.48. The molecule has 0 aromatic heterocycles. The Morgan fingerprint density at radius 1 is 1.22 bits per heavy atom. The fraction of sp³-hybridized carbons (Fsp3) is 0.500. The van der Waals surface area contributed by atoms with E-state index in [1.54, 1.807) is 38.1 Å². The number of rotatable bonds is 12. The van der Waals surface area contributed by atoms with Gasteiger partial charge in [0.25, 0.3) is 0 Å². The van der Waals surface area contributed by atoms with Crippen molar-refractivity contribution in [1.29, 1.82) is 0 Å². The molecule has 0 saturated carbocycles. The van der Waals surface area contributed by atoms with E-state index in [1.165, 1.54) is 0 Å². The topological polar surface area (TPSA) is 143 Å². The minimum absolute atomic E-state index is 0.104. The molecule has 9 heteroatoms. The molecule has 0 saturated heterocycles. The monoisotopic (exact) mass is 380 g/mol. The lowest BCUT2D eigenvalue weighted by molar-refractivity contribution is -0.130. The van der Waals surface area contributed by atoms with Crippen molar-refractivity contribution in [3.8, 4) is 0 Å². The summed E-state index contributed by atoms with van der Waals surface area (Å²) in [4.78, 5) is 40.3. The molecule has 6 N–H and O–H groups in total. The SMILES string of the molecule is CC(C)C(NC=O)C(=O)N[C@@H](CCCO)C(=O)Nc1ccc(CON)cc1. The maximum absolute atomic E-state index is 12.6. The summed E-state index contributed by atoms with van der Waals surface area (Å²) in [7, 11) is 0. The van der Waals surface area contributed by atoms with E-state index in [9.17, 15) is 14.4 Å². The Hall–Kier alpha value is -2.49. The number of carbonyl (C=O) groups excluding carboxylic acids is 3. The molecule has 1 unspecified atom stereocenters. The number of carbonyl (C=O) groups is 3. The first-order chi connectivity index (χ1) is 12.9. The lowest BCUT2D eigenvalue weighted by Crippen LogP contribution is -2.53. The number of hydrogen-bond acceptors (Lipinski definition) is 6. The van der Waals surface area contributed by atoms with Gasteiger partial charge in [-0.2, -0.15) is 0 Å². The lowest BCUT2D eigenvalue weighted by Gasteiger charge is -2.24. The molecular weight excluding hydrogens is 352 g/mol. The first-order valence-corrected chi connectivity index (χ1v) is 8.75. The zero-order chi connectivity index (χ0) is 20.2. The van der Waals surface area contributed by atoms with Gasteiger partial charge in [-0.15, -0.1) is 0 Å². The third kappa shape index (κ3) is 7.73. The van der Waals surface area contributed by atoms with Crippen molar-refractivity contribution in [2.45, 2.75) is 45.4 Å². The van der Waals surface area contributed by atoms with E-state index in [4.69, 9.17) is 11.0 Å². The maximum atomic E-state index is 12.6. The second-order valence-corrected chi connectivity index (χ2v) is 6.43. The highest BCUT2D eigenvalue weighted by Gasteiger charge is 2.27. The largest absolute Gasteiger partial charge is 0.396 e. The van der Waals surface area contributed by atoms with Crippen LogP contribution in [0.15, 0.2) is 24.3 Å². The number of aliphatic hydroxyl groups is 1. The molecule has 0 radical (unpaired) electrons. The molecule has 150 valence electrons. The van der Waals surface area contributed by atoms with Gasteiger partial charge in [-0.3, -0.25) is 19.2 Å². The lowest BCUT2D eigenvalue weighted by atomic mass is 10.0. The van der Waals surface area contributed by atoms with Crippen molar-refractivity contribution in [1.82, 2.24) is 10.6 Å². The average Bonchev–Trinajstić information content (AvgIpc) is 2.64. The summed E-state index contributed by atoms with van der Waals surface area (Å²) in [5.74, 6) is 4.02. The van der Waals surface area contributed by atoms with E-state index in [0.29, 0.717) is 18.5 Å². The van der Waals surface area contributed by atoms with Gasteiger partial charge in [0.05, 0.1) is 6.61 Å². The number of amides is 3. The van der Waals surface area contributed by atoms with Crippen LogP contribution in [-0.4, -0.2) is 42.0 Å². The van der Waals surface area contributed by atoms with Gasteiger partial charge >= 0.3 is 0 Å². The second-order valence-electron chi connectivity index (χ2n) is 6.43. The number of aliphatic hydroxyl groups excluding tert-OH is 1. The molecule has 2 atom stereocenters. The number of anilines is 1. The molecule has 0 heterocycles. The predicted molar refractivity (Wildman–Crippen MR) is 100 cm³/mol. The molecule has 1 aromatic rings. The van der Waals surface area contributed by atoms with Gasteiger partial charge in [-0.1, -0.05) is 26.0 Å². The normalized spacial score (nSPS) is 12.9. The third-order valence-electron chi connectivity index (χ3n) is 3.95. The summed E-state index contributed by atoms with van der Waals surface area (Å²) >= 11 is 0. The Labute approximate surface area is 158 Å². The van der Waals surface area contributed by atoms with E-state index in [-0.39, 0.29) is 25.6 Å². The third-order valence-corrected chi connectivity index (χ3v) is 3.95. The Morgan fingerprint density at radius 2 is 1.89 bits per heavy atom. The summed E-state index contributed by atoms with van der Waals surface area (Å²) in [5, 5.41) is 16.9. The van der Waals surface area contributed by atoms with Crippen molar-refractivity contribution < 1.29 is 24.3 Å². The van der Waals surface area contributed by atoms with Gasteiger partial charge in [-0.05, 0) is 36.5 Å². The predicted octanol–water partition coefficient (Wildman–Crippen LogP) is 0.0433. The highest BCUT2D eigenvalue weighted by Crippen LogP contribution is 2.12. The van der Waals surface area contributed by atoms with Crippen LogP contribution in [0, 0.1) is 5.92 Å². The minimum Gasteiger partial charge on any atom is -0.396 e. The first-order valence-electron chi connectivity index (χ1n) is 8.75. The Balaban J connectivity index is 2.80. The zero-order valence-electron chi connectivity index (χ0n) is 15.6. The van der Waals surface area contributed by atoms with E-state index in [0.717, 1.165) is 5.56 Å². The van der Waals surface area contributed by atoms with Crippen LogP contribution < -0.4 is 21.8 Å². The molecular formula is C18H28N4O5. The summed E-state index contributed by atoms with van der Waals surface area (Å²) < 4.78 is 0. The molecule has 0 bridgehead atoms. The van der Waals surface area contributed by atoms with Gasteiger partial charge < -0.3 is 21.1 Å². The van der Waals surface area contributed by atoms with Crippen molar-refractivity contribution in [3.05, 3.63) is 29.8 Å². The van der Waals surface area contributed by atoms with Gasteiger partial charge in [-0.25, -0.2) is 5.90 Å². The quantitative estimate of drug-likeness (QED) is 0.256.